The van der Waals surface area contributed by atoms with Gasteiger partial charge in [-0.05, 0) is 56.4 Å². The Hall–Kier alpha value is -2.43. The minimum Gasteiger partial charge on any atom is -0.341 e. The molecule has 0 saturated carbocycles. The van der Waals surface area contributed by atoms with Gasteiger partial charge in [0, 0.05) is 11.3 Å². The number of aromatic nitrogens is 4. The van der Waals surface area contributed by atoms with Crippen LogP contribution >= 0.6 is 0 Å². The summed E-state index contributed by atoms with van der Waals surface area (Å²) in [4.78, 5) is 4.60. The van der Waals surface area contributed by atoms with E-state index in [2.05, 4.69) is 52.5 Å². The van der Waals surface area contributed by atoms with E-state index in [1.54, 1.807) is 6.33 Å². The van der Waals surface area contributed by atoms with Gasteiger partial charge in [-0.1, -0.05) is 6.07 Å². The first-order valence-electron chi connectivity index (χ1n) is 7.27. The maximum Gasteiger partial charge on any atom is 0.256 e. The number of hydrogen-bond donors (Lipinski definition) is 1. The second-order valence-electron chi connectivity index (χ2n) is 5.74. The Morgan fingerprint density at radius 1 is 1.10 bits per heavy atom. The third-order valence-corrected chi connectivity index (χ3v) is 3.96. The lowest BCUT2D eigenvalue weighted by atomic mass is 10.1. The number of nitrogens with one attached hydrogen (secondary N) is 1. The lowest BCUT2D eigenvalue weighted by Crippen LogP contribution is -2.05. The van der Waals surface area contributed by atoms with Gasteiger partial charge in [-0.25, -0.2) is 4.98 Å². The summed E-state index contributed by atoms with van der Waals surface area (Å²) in [6, 6.07) is 6.49. The fourth-order valence-electron chi connectivity index (χ4n) is 3.15. The molecule has 1 N–H and O–H groups in total. The van der Waals surface area contributed by atoms with Gasteiger partial charge in [-0.2, -0.15) is 0 Å². The summed E-state index contributed by atoms with van der Waals surface area (Å²) in [5.41, 5.74) is 6.05. The van der Waals surface area contributed by atoms with Crippen molar-refractivity contribution in [1.82, 2.24) is 19.6 Å². The van der Waals surface area contributed by atoms with Crippen molar-refractivity contribution in [1.29, 1.82) is 0 Å². The molecule has 1 aromatic carbocycles. The van der Waals surface area contributed by atoms with Gasteiger partial charge >= 0.3 is 0 Å². The third-order valence-electron chi connectivity index (χ3n) is 3.96. The van der Waals surface area contributed by atoms with Crippen molar-refractivity contribution in [2.24, 2.45) is 0 Å². The van der Waals surface area contributed by atoms with Crippen molar-refractivity contribution in [3.63, 3.8) is 0 Å². The van der Waals surface area contributed by atoms with E-state index in [9.17, 15) is 0 Å². The van der Waals surface area contributed by atoms with Crippen LogP contribution < -0.4 is 5.32 Å². The van der Waals surface area contributed by atoms with Crippen LogP contribution in [0.1, 0.15) is 28.8 Å². The van der Waals surface area contributed by atoms with Crippen molar-refractivity contribution in [2.45, 2.75) is 33.1 Å². The van der Waals surface area contributed by atoms with E-state index in [1.165, 1.54) is 16.7 Å². The zero-order valence-corrected chi connectivity index (χ0v) is 12.2. The number of benzene rings is 1. The molecule has 0 bridgehead atoms. The molecule has 1 aliphatic carbocycles. The summed E-state index contributed by atoms with van der Waals surface area (Å²) in [5, 5.41) is 11.6. The molecule has 0 unspecified atom stereocenters. The maximum absolute atomic E-state index is 4.60. The molecule has 2 heterocycles. The van der Waals surface area contributed by atoms with Gasteiger partial charge in [0.2, 0.25) is 0 Å². The summed E-state index contributed by atoms with van der Waals surface area (Å²) in [6.45, 7) is 4.23. The van der Waals surface area contributed by atoms with Crippen LogP contribution in [0.5, 0.6) is 0 Å². The molecule has 3 aromatic rings. The van der Waals surface area contributed by atoms with Crippen molar-refractivity contribution in [3.05, 3.63) is 46.9 Å². The second-order valence-corrected chi connectivity index (χ2v) is 5.74. The first kappa shape index (κ1) is 12.3. The van der Waals surface area contributed by atoms with Gasteiger partial charge in [0.1, 0.15) is 12.1 Å². The normalized spacial score (nSPS) is 13.6. The zero-order valence-electron chi connectivity index (χ0n) is 12.2. The van der Waals surface area contributed by atoms with Gasteiger partial charge in [0.15, 0.2) is 0 Å². The number of fused-ring (bicyclic) bond motifs is 2. The van der Waals surface area contributed by atoms with E-state index in [0.29, 0.717) is 5.78 Å². The molecule has 5 nitrogen and oxygen atoms in total. The van der Waals surface area contributed by atoms with E-state index in [-0.39, 0.29) is 0 Å². The second kappa shape index (κ2) is 4.55. The topological polar surface area (TPSA) is 55.1 Å². The molecule has 2 aromatic heterocycles. The Balaban J connectivity index is 1.87. The van der Waals surface area contributed by atoms with E-state index >= 15 is 0 Å². The lowest BCUT2D eigenvalue weighted by Gasteiger charge is -2.14. The van der Waals surface area contributed by atoms with Gasteiger partial charge in [-0.15, -0.1) is 10.2 Å². The van der Waals surface area contributed by atoms with Crippen molar-refractivity contribution < 1.29 is 0 Å². The van der Waals surface area contributed by atoms with E-state index in [4.69, 9.17) is 0 Å². The first-order valence-corrected chi connectivity index (χ1v) is 7.27. The van der Waals surface area contributed by atoms with Crippen LogP contribution in [0.15, 0.2) is 24.5 Å². The van der Waals surface area contributed by atoms with E-state index < -0.39 is 0 Å². The van der Waals surface area contributed by atoms with E-state index in [1.807, 2.05) is 4.40 Å². The Morgan fingerprint density at radius 2 is 1.90 bits per heavy atom. The first-order chi connectivity index (χ1) is 10.2. The molecule has 0 aliphatic heterocycles. The highest BCUT2D eigenvalue weighted by Crippen LogP contribution is 2.30. The Kier molecular flexibility index (Phi) is 2.67. The quantitative estimate of drug-likeness (QED) is 0.783. The molecular formula is C16H17N5. The summed E-state index contributed by atoms with van der Waals surface area (Å²) in [5.74, 6) is 1.73. The molecule has 1 aliphatic rings. The van der Waals surface area contributed by atoms with Crippen molar-refractivity contribution in [2.75, 3.05) is 5.32 Å². The molecule has 0 saturated heterocycles. The molecule has 0 fully saturated rings. The summed E-state index contributed by atoms with van der Waals surface area (Å²) in [6.07, 6.45) is 4.97. The third kappa shape index (κ3) is 2.05. The average Bonchev–Trinajstić information content (AvgIpc) is 3.05. The Bertz CT molecular complexity index is 814. The lowest BCUT2D eigenvalue weighted by molar-refractivity contribution is 0.900. The molecule has 5 heteroatoms. The highest BCUT2D eigenvalue weighted by molar-refractivity contribution is 5.65. The fraction of sp³-hybridized carbons (Fsp3) is 0.312. The van der Waals surface area contributed by atoms with E-state index in [0.717, 1.165) is 36.5 Å². The van der Waals surface area contributed by atoms with Crippen LogP contribution in [-0.2, 0) is 12.8 Å². The monoisotopic (exact) mass is 279 g/mol. The van der Waals surface area contributed by atoms with Crippen LogP contribution in [-0.4, -0.2) is 19.6 Å². The predicted octanol–water partition coefficient (Wildman–Crippen LogP) is 2.97. The predicted molar refractivity (Wildman–Crippen MR) is 82.0 cm³/mol. The number of aryl methyl sites for hydroxylation is 3. The van der Waals surface area contributed by atoms with Crippen LogP contribution in [0.4, 0.5) is 11.5 Å². The molecule has 0 amide bonds. The fourth-order valence-corrected chi connectivity index (χ4v) is 3.15. The molecule has 0 radical (unpaired) electrons. The maximum atomic E-state index is 4.60. The summed E-state index contributed by atoms with van der Waals surface area (Å²) in [7, 11) is 0. The number of anilines is 2. The summed E-state index contributed by atoms with van der Waals surface area (Å²) < 4.78 is 1.95. The van der Waals surface area contributed by atoms with Crippen LogP contribution in [0.25, 0.3) is 5.78 Å². The van der Waals surface area contributed by atoms with Crippen LogP contribution in [0, 0.1) is 13.8 Å². The van der Waals surface area contributed by atoms with Crippen LogP contribution in [0.3, 0.4) is 0 Å². The van der Waals surface area contributed by atoms with Gasteiger partial charge in [0.05, 0.1) is 5.69 Å². The minimum atomic E-state index is 0.669. The molecule has 4 rings (SSSR count). The summed E-state index contributed by atoms with van der Waals surface area (Å²) >= 11 is 0. The molecular weight excluding hydrogens is 262 g/mol. The smallest absolute Gasteiger partial charge is 0.256 e. The van der Waals surface area contributed by atoms with Gasteiger partial charge < -0.3 is 5.32 Å². The standard InChI is InChI=1S/C16H17N5/c1-10-6-11(2)8-12(7-10)18-15-13-4-3-5-14(13)19-16-20-17-9-21(15)16/h6-9,18H,3-5H2,1-2H3. The SMILES string of the molecule is Cc1cc(C)cc(Nc2c3c(nc4nncn24)CCC3)c1. The van der Waals surface area contributed by atoms with Crippen molar-refractivity contribution >= 4 is 17.3 Å². The van der Waals surface area contributed by atoms with Crippen LogP contribution in [0.2, 0.25) is 0 Å². The Morgan fingerprint density at radius 3 is 2.71 bits per heavy atom. The highest BCUT2D eigenvalue weighted by atomic mass is 15.3. The minimum absolute atomic E-state index is 0.669. The Labute approximate surface area is 123 Å². The molecule has 0 atom stereocenters. The number of rotatable bonds is 2. The largest absolute Gasteiger partial charge is 0.341 e. The highest BCUT2D eigenvalue weighted by Gasteiger charge is 2.20. The number of nitrogens with zero attached hydrogens (tertiary/aromatic N) is 4. The zero-order chi connectivity index (χ0) is 14.4. The molecule has 21 heavy (non-hydrogen) atoms. The molecule has 0 spiro atoms. The average molecular weight is 279 g/mol. The molecule has 106 valence electrons. The van der Waals surface area contributed by atoms with Gasteiger partial charge in [-0.3, -0.25) is 4.40 Å². The van der Waals surface area contributed by atoms with Gasteiger partial charge in [0.25, 0.3) is 5.78 Å². The number of hydrogen-bond acceptors (Lipinski definition) is 4. The van der Waals surface area contributed by atoms with Crippen molar-refractivity contribution in [3.8, 4) is 0 Å².